The molecule has 0 N–H and O–H groups in total. The van der Waals surface area contributed by atoms with Gasteiger partial charge in [0, 0.05) is 28.5 Å². The van der Waals surface area contributed by atoms with Crippen LogP contribution in [0.4, 0.5) is 0 Å². The number of hydrogen-bond acceptors (Lipinski definition) is 2. The summed E-state index contributed by atoms with van der Waals surface area (Å²) in [6.45, 7) is 5.76. The maximum Gasteiger partial charge on any atom is 0.254 e. The van der Waals surface area contributed by atoms with Gasteiger partial charge in [-0.2, -0.15) is 0 Å². The van der Waals surface area contributed by atoms with Gasteiger partial charge in [-0.25, -0.2) is 4.98 Å². The summed E-state index contributed by atoms with van der Waals surface area (Å²) in [5, 5.41) is 0.913. The number of nitrogens with zero attached hydrogens (tertiary/aromatic N) is 2. The SMILES string of the molecule is CCCN(CCC)C(=O)c1cc(-c2ccc(Br)cc2)nc2ccccc12. The molecule has 0 unspecified atom stereocenters. The Labute approximate surface area is 163 Å². The van der Waals surface area contributed by atoms with Crippen molar-refractivity contribution in [2.75, 3.05) is 13.1 Å². The summed E-state index contributed by atoms with van der Waals surface area (Å²) in [6.07, 6.45) is 1.91. The molecule has 3 rings (SSSR count). The van der Waals surface area contributed by atoms with Gasteiger partial charge in [-0.3, -0.25) is 4.79 Å². The maximum absolute atomic E-state index is 13.3. The molecule has 0 radical (unpaired) electrons. The third-order valence-electron chi connectivity index (χ3n) is 4.36. The van der Waals surface area contributed by atoms with E-state index in [1.807, 2.05) is 59.5 Å². The van der Waals surface area contributed by atoms with Crippen LogP contribution >= 0.6 is 15.9 Å². The summed E-state index contributed by atoms with van der Waals surface area (Å²) < 4.78 is 1.02. The lowest BCUT2D eigenvalue weighted by Gasteiger charge is -2.22. The molecule has 0 atom stereocenters. The van der Waals surface area contributed by atoms with Crippen LogP contribution in [0, 0.1) is 0 Å². The highest BCUT2D eigenvalue weighted by Gasteiger charge is 2.19. The molecule has 0 aliphatic heterocycles. The molecule has 0 spiro atoms. The number of fused-ring (bicyclic) bond motifs is 1. The summed E-state index contributed by atoms with van der Waals surface area (Å²) in [5.74, 6) is 0.0886. The van der Waals surface area contributed by atoms with Crippen molar-refractivity contribution in [2.45, 2.75) is 26.7 Å². The van der Waals surface area contributed by atoms with Crippen molar-refractivity contribution in [3.8, 4) is 11.3 Å². The first-order valence-electron chi connectivity index (χ1n) is 9.09. The number of aromatic nitrogens is 1. The third kappa shape index (κ3) is 3.96. The van der Waals surface area contributed by atoms with Crippen LogP contribution in [-0.2, 0) is 0 Å². The fourth-order valence-electron chi connectivity index (χ4n) is 3.15. The van der Waals surface area contributed by atoms with Gasteiger partial charge in [-0.1, -0.05) is 60.1 Å². The summed E-state index contributed by atoms with van der Waals surface area (Å²) in [6, 6.07) is 17.8. The molecule has 1 amide bonds. The van der Waals surface area contributed by atoms with Gasteiger partial charge in [0.15, 0.2) is 0 Å². The van der Waals surface area contributed by atoms with Crippen molar-refractivity contribution in [3.63, 3.8) is 0 Å². The molecule has 2 aromatic carbocycles. The van der Waals surface area contributed by atoms with Crippen molar-refractivity contribution in [1.82, 2.24) is 9.88 Å². The fraction of sp³-hybridized carbons (Fsp3) is 0.273. The van der Waals surface area contributed by atoms with Crippen LogP contribution in [0.2, 0.25) is 0 Å². The Morgan fingerprint density at radius 2 is 1.65 bits per heavy atom. The molecule has 0 bridgehead atoms. The Morgan fingerprint density at radius 3 is 2.31 bits per heavy atom. The van der Waals surface area contributed by atoms with Gasteiger partial charge in [0.1, 0.15) is 0 Å². The average Bonchev–Trinajstić information content (AvgIpc) is 2.67. The fourth-order valence-corrected chi connectivity index (χ4v) is 3.41. The lowest BCUT2D eigenvalue weighted by Crippen LogP contribution is -2.32. The average molecular weight is 411 g/mol. The van der Waals surface area contributed by atoms with Crippen LogP contribution in [-0.4, -0.2) is 28.9 Å². The molecule has 4 heteroatoms. The second-order valence-corrected chi connectivity index (χ2v) is 7.29. The summed E-state index contributed by atoms with van der Waals surface area (Å²) in [7, 11) is 0. The lowest BCUT2D eigenvalue weighted by molar-refractivity contribution is 0.0757. The Bertz CT molecular complexity index is 900. The largest absolute Gasteiger partial charge is 0.339 e. The molecule has 134 valence electrons. The molecule has 26 heavy (non-hydrogen) atoms. The van der Waals surface area contributed by atoms with E-state index in [0.717, 1.165) is 58.1 Å². The smallest absolute Gasteiger partial charge is 0.254 e. The number of halogens is 1. The highest BCUT2D eigenvalue weighted by atomic mass is 79.9. The van der Waals surface area contributed by atoms with Crippen LogP contribution in [0.1, 0.15) is 37.0 Å². The first-order chi connectivity index (χ1) is 12.6. The monoisotopic (exact) mass is 410 g/mol. The first-order valence-corrected chi connectivity index (χ1v) is 9.88. The van der Waals surface area contributed by atoms with E-state index in [1.165, 1.54) is 0 Å². The van der Waals surface area contributed by atoms with Gasteiger partial charge in [0.25, 0.3) is 5.91 Å². The van der Waals surface area contributed by atoms with Gasteiger partial charge in [-0.05, 0) is 37.1 Å². The number of amides is 1. The van der Waals surface area contributed by atoms with Gasteiger partial charge in [0.2, 0.25) is 0 Å². The van der Waals surface area contributed by atoms with Crippen LogP contribution < -0.4 is 0 Å². The minimum absolute atomic E-state index is 0.0886. The molecule has 1 aromatic heterocycles. The molecule has 3 nitrogen and oxygen atoms in total. The van der Waals surface area contributed by atoms with E-state index in [2.05, 4.69) is 29.8 Å². The zero-order valence-corrected chi connectivity index (χ0v) is 16.8. The zero-order valence-electron chi connectivity index (χ0n) is 15.2. The Hall–Kier alpha value is -2.20. The molecule has 0 fully saturated rings. The van der Waals surface area contributed by atoms with E-state index < -0.39 is 0 Å². The molecule has 0 saturated carbocycles. The number of hydrogen-bond donors (Lipinski definition) is 0. The van der Waals surface area contributed by atoms with E-state index in [0.29, 0.717) is 0 Å². The van der Waals surface area contributed by atoms with E-state index in [1.54, 1.807) is 0 Å². The second-order valence-electron chi connectivity index (χ2n) is 6.37. The molecule has 1 heterocycles. The number of para-hydroxylation sites is 1. The van der Waals surface area contributed by atoms with Crippen LogP contribution in [0.15, 0.2) is 59.1 Å². The van der Waals surface area contributed by atoms with E-state index in [-0.39, 0.29) is 5.91 Å². The number of benzene rings is 2. The highest BCUT2D eigenvalue weighted by molar-refractivity contribution is 9.10. The number of rotatable bonds is 6. The van der Waals surface area contributed by atoms with Crippen molar-refractivity contribution in [1.29, 1.82) is 0 Å². The van der Waals surface area contributed by atoms with Crippen LogP contribution in [0.5, 0.6) is 0 Å². The minimum atomic E-state index is 0.0886. The van der Waals surface area contributed by atoms with Gasteiger partial charge in [0.05, 0.1) is 16.8 Å². The summed E-state index contributed by atoms with van der Waals surface area (Å²) in [4.78, 5) is 20.0. The van der Waals surface area contributed by atoms with Crippen molar-refractivity contribution >= 4 is 32.7 Å². The van der Waals surface area contributed by atoms with E-state index in [4.69, 9.17) is 4.98 Å². The van der Waals surface area contributed by atoms with Crippen molar-refractivity contribution < 1.29 is 4.79 Å². The predicted octanol–water partition coefficient (Wildman–Crippen LogP) is 5.93. The lowest BCUT2D eigenvalue weighted by atomic mass is 10.0. The minimum Gasteiger partial charge on any atom is -0.339 e. The van der Waals surface area contributed by atoms with Crippen molar-refractivity contribution in [2.24, 2.45) is 0 Å². The summed E-state index contributed by atoms with van der Waals surface area (Å²) >= 11 is 3.47. The Balaban J connectivity index is 2.13. The normalized spacial score (nSPS) is 10.9. The molecule has 0 aliphatic carbocycles. The quantitative estimate of drug-likeness (QED) is 0.504. The van der Waals surface area contributed by atoms with Crippen LogP contribution in [0.25, 0.3) is 22.2 Å². The molecule has 0 aliphatic rings. The third-order valence-corrected chi connectivity index (χ3v) is 4.89. The second kappa shape index (κ2) is 8.45. The van der Waals surface area contributed by atoms with E-state index in [9.17, 15) is 4.79 Å². The first kappa shape index (κ1) is 18.6. The summed E-state index contributed by atoms with van der Waals surface area (Å²) in [5.41, 5.74) is 3.41. The highest BCUT2D eigenvalue weighted by Crippen LogP contribution is 2.27. The van der Waals surface area contributed by atoms with Gasteiger partial charge < -0.3 is 4.90 Å². The maximum atomic E-state index is 13.3. The number of carbonyl (C=O) groups is 1. The standard InChI is InChI=1S/C22H23BrN2O/c1-3-13-25(14-4-2)22(26)19-15-21(16-9-11-17(23)12-10-16)24-20-8-6-5-7-18(19)20/h5-12,15H,3-4,13-14H2,1-2H3. The molecule has 0 saturated heterocycles. The number of carbonyl (C=O) groups excluding carboxylic acids is 1. The Kier molecular flexibility index (Phi) is 6.04. The Morgan fingerprint density at radius 1 is 1.00 bits per heavy atom. The van der Waals surface area contributed by atoms with Gasteiger partial charge >= 0.3 is 0 Å². The van der Waals surface area contributed by atoms with Gasteiger partial charge in [-0.15, -0.1) is 0 Å². The topological polar surface area (TPSA) is 33.2 Å². The van der Waals surface area contributed by atoms with Crippen LogP contribution in [0.3, 0.4) is 0 Å². The zero-order chi connectivity index (χ0) is 18.5. The molecular weight excluding hydrogens is 388 g/mol. The molecule has 3 aromatic rings. The molecular formula is C22H23BrN2O. The predicted molar refractivity (Wildman–Crippen MR) is 111 cm³/mol. The van der Waals surface area contributed by atoms with E-state index >= 15 is 0 Å². The van der Waals surface area contributed by atoms with Crippen molar-refractivity contribution in [3.05, 3.63) is 64.6 Å². The number of pyridine rings is 1.